The van der Waals surface area contributed by atoms with E-state index in [4.69, 9.17) is 0 Å². The standard InChI is InChI=1S/C11H13BrN4O3/c1-11(2)5-14-10(17)8(11)15-9-7(12)3-6(4-13-9)16(18)19/h3-4,8H,5H2,1-2H3,(H,13,15)(H,14,17)/t8-/m0/s1. The molecule has 102 valence electrons. The van der Waals surface area contributed by atoms with Gasteiger partial charge in [-0.15, -0.1) is 0 Å². The number of anilines is 1. The average Bonchev–Trinajstić information content (AvgIpc) is 2.58. The van der Waals surface area contributed by atoms with Crippen LogP contribution in [-0.2, 0) is 4.79 Å². The van der Waals surface area contributed by atoms with E-state index in [-0.39, 0.29) is 17.0 Å². The van der Waals surface area contributed by atoms with Crippen molar-refractivity contribution in [2.24, 2.45) is 5.41 Å². The maximum absolute atomic E-state index is 11.8. The Hall–Kier alpha value is -1.70. The van der Waals surface area contributed by atoms with Crippen molar-refractivity contribution < 1.29 is 9.72 Å². The van der Waals surface area contributed by atoms with Crippen molar-refractivity contribution in [3.05, 3.63) is 26.9 Å². The van der Waals surface area contributed by atoms with E-state index >= 15 is 0 Å². The average molecular weight is 329 g/mol. The van der Waals surface area contributed by atoms with Gasteiger partial charge in [-0.2, -0.15) is 0 Å². The molecule has 2 N–H and O–H groups in total. The summed E-state index contributed by atoms with van der Waals surface area (Å²) in [5.74, 6) is 0.317. The smallest absolute Gasteiger partial charge is 0.288 e. The second kappa shape index (κ2) is 4.76. The molecule has 0 aromatic carbocycles. The highest BCUT2D eigenvalue weighted by atomic mass is 79.9. The molecule has 1 aromatic heterocycles. The summed E-state index contributed by atoms with van der Waals surface area (Å²) in [5, 5.41) is 16.4. The lowest BCUT2D eigenvalue weighted by Gasteiger charge is -2.25. The zero-order valence-electron chi connectivity index (χ0n) is 10.4. The predicted octanol–water partition coefficient (Wildman–Crippen LogP) is 1.69. The number of nitrogens with one attached hydrogen (secondary N) is 2. The molecule has 8 heteroatoms. The first-order valence-corrected chi connectivity index (χ1v) is 6.45. The largest absolute Gasteiger partial charge is 0.357 e. The van der Waals surface area contributed by atoms with Crippen LogP contribution in [-0.4, -0.2) is 28.4 Å². The molecule has 2 heterocycles. The number of pyridine rings is 1. The molecule has 0 unspecified atom stereocenters. The van der Waals surface area contributed by atoms with Crippen LogP contribution in [0.15, 0.2) is 16.7 Å². The molecule has 0 saturated carbocycles. The lowest BCUT2D eigenvalue weighted by Crippen LogP contribution is -2.38. The fourth-order valence-electron chi connectivity index (χ4n) is 1.91. The van der Waals surface area contributed by atoms with Crippen molar-refractivity contribution in [3.8, 4) is 0 Å². The van der Waals surface area contributed by atoms with Crippen LogP contribution in [0.1, 0.15) is 13.8 Å². The van der Waals surface area contributed by atoms with Gasteiger partial charge in [-0.25, -0.2) is 4.98 Å². The first kappa shape index (κ1) is 13.7. The number of carbonyl (C=O) groups is 1. The lowest BCUT2D eigenvalue weighted by atomic mass is 9.87. The van der Waals surface area contributed by atoms with Crippen LogP contribution in [0.4, 0.5) is 11.5 Å². The molecule has 7 nitrogen and oxygen atoms in total. The number of amides is 1. The van der Waals surface area contributed by atoms with E-state index in [2.05, 4.69) is 31.5 Å². The minimum absolute atomic E-state index is 0.1000. The third kappa shape index (κ3) is 2.67. The summed E-state index contributed by atoms with van der Waals surface area (Å²) in [5.41, 5.74) is -0.354. The van der Waals surface area contributed by atoms with Crippen molar-refractivity contribution in [2.45, 2.75) is 19.9 Å². The molecule has 1 aliphatic heterocycles. The Labute approximate surface area is 118 Å². The number of nitrogens with zero attached hydrogens (tertiary/aromatic N) is 2. The van der Waals surface area contributed by atoms with Crippen LogP contribution in [0, 0.1) is 15.5 Å². The molecule has 1 amide bonds. The number of nitro groups is 1. The molecule has 0 radical (unpaired) electrons. The van der Waals surface area contributed by atoms with Gasteiger partial charge in [0.15, 0.2) is 0 Å². The second-order valence-corrected chi connectivity index (χ2v) is 5.92. The summed E-state index contributed by atoms with van der Waals surface area (Å²) < 4.78 is 0.456. The molecular weight excluding hydrogens is 316 g/mol. The van der Waals surface area contributed by atoms with E-state index in [1.54, 1.807) is 0 Å². The number of rotatable bonds is 3. The minimum Gasteiger partial charge on any atom is -0.357 e. The first-order chi connectivity index (χ1) is 8.81. The number of halogens is 1. The summed E-state index contributed by atoms with van der Waals surface area (Å²) in [6.45, 7) is 4.50. The Morgan fingerprint density at radius 3 is 2.79 bits per heavy atom. The maximum atomic E-state index is 11.8. The molecule has 1 fully saturated rings. The Morgan fingerprint density at radius 1 is 1.63 bits per heavy atom. The summed E-state index contributed by atoms with van der Waals surface area (Å²) in [6.07, 6.45) is 1.16. The van der Waals surface area contributed by atoms with Gasteiger partial charge in [0.25, 0.3) is 5.69 Å². The Kier molecular flexibility index (Phi) is 3.44. The lowest BCUT2D eigenvalue weighted by molar-refractivity contribution is -0.385. The summed E-state index contributed by atoms with van der Waals surface area (Å²) in [4.78, 5) is 25.8. The zero-order chi connectivity index (χ0) is 14.2. The van der Waals surface area contributed by atoms with Gasteiger partial charge in [-0.05, 0) is 15.9 Å². The zero-order valence-corrected chi connectivity index (χ0v) is 12.0. The van der Waals surface area contributed by atoms with E-state index in [9.17, 15) is 14.9 Å². The molecule has 1 aliphatic rings. The first-order valence-electron chi connectivity index (χ1n) is 5.65. The van der Waals surface area contributed by atoms with Crippen molar-refractivity contribution in [1.29, 1.82) is 0 Å². The molecule has 0 aliphatic carbocycles. The predicted molar refractivity (Wildman–Crippen MR) is 72.8 cm³/mol. The van der Waals surface area contributed by atoms with Gasteiger partial charge in [0.2, 0.25) is 5.91 Å². The third-order valence-electron chi connectivity index (χ3n) is 3.08. The molecule has 19 heavy (non-hydrogen) atoms. The van der Waals surface area contributed by atoms with Crippen LogP contribution < -0.4 is 10.6 Å². The Bertz CT molecular complexity index is 547. The highest BCUT2D eigenvalue weighted by molar-refractivity contribution is 9.10. The molecule has 0 bridgehead atoms. The summed E-state index contributed by atoms with van der Waals surface area (Å²) in [6, 6.07) is 0.938. The molecule has 1 aromatic rings. The van der Waals surface area contributed by atoms with Gasteiger partial charge < -0.3 is 10.6 Å². The van der Waals surface area contributed by atoms with Gasteiger partial charge in [0.1, 0.15) is 18.1 Å². The third-order valence-corrected chi connectivity index (χ3v) is 3.69. The maximum Gasteiger partial charge on any atom is 0.288 e. The molecule has 1 saturated heterocycles. The van der Waals surface area contributed by atoms with E-state index in [1.165, 1.54) is 6.07 Å². The number of carbonyl (C=O) groups excluding carboxylic acids is 1. The molecular formula is C11H13BrN4O3. The molecule has 1 atom stereocenters. The number of aromatic nitrogens is 1. The SMILES string of the molecule is CC1(C)CNC(=O)[C@@H]1Nc1ncc([N+](=O)[O-])cc1Br. The van der Waals surface area contributed by atoms with Crippen molar-refractivity contribution >= 4 is 33.3 Å². The Morgan fingerprint density at radius 2 is 2.32 bits per heavy atom. The van der Waals surface area contributed by atoms with Crippen LogP contribution >= 0.6 is 15.9 Å². The fraction of sp³-hybridized carbons (Fsp3) is 0.455. The molecule has 2 rings (SSSR count). The van der Waals surface area contributed by atoms with Crippen LogP contribution in [0.25, 0.3) is 0 Å². The van der Waals surface area contributed by atoms with E-state index < -0.39 is 11.0 Å². The van der Waals surface area contributed by atoms with Crippen molar-refractivity contribution in [3.63, 3.8) is 0 Å². The number of hydrogen-bond donors (Lipinski definition) is 2. The van der Waals surface area contributed by atoms with Gasteiger partial charge in [-0.1, -0.05) is 13.8 Å². The van der Waals surface area contributed by atoms with Crippen molar-refractivity contribution in [2.75, 3.05) is 11.9 Å². The summed E-state index contributed by atoms with van der Waals surface area (Å²) in [7, 11) is 0. The normalized spacial score (nSPS) is 21.0. The van der Waals surface area contributed by atoms with E-state index in [0.717, 1.165) is 6.20 Å². The highest BCUT2D eigenvalue weighted by Gasteiger charge is 2.41. The monoisotopic (exact) mass is 328 g/mol. The van der Waals surface area contributed by atoms with Gasteiger partial charge in [0.05, 0.1) is 9.40 Å². The van der Waals surface area contributed by atoms with E-state index in [1.807, 2.05) is 13.8 Å². The summed E-state index contributed by atoms with van der Waals surface area (Å²) >= 11 is 3.22. The van der Waals surface area contributed by atoms with Crippen LogP contribution in [0.5, 0.6) is 0 Å². The Balaban J connectivity index is 2.24. The number of hydrogen-bond acceptors (Lipinski definition) is 5. The minimum atomic E-state index is -0.520. The van der Waals surface area contributed by atoms with Crippen LogP contribution in [0.2, 0.25) is 0 Å². The van der Waals surface area contributed by atoms with Gasteiger partial charge >= 0.3 is 0 Å². The van der Waals surface area contributed by atoms with Crippen molar-refractivity contribution in [1.82, 2.24) is 10.3 Å². The molecule has 0 spiro atoms. The van der Waals surface area contributed by atoms with Gasteiger partial charge in [-0.3, -0.25) is 14.9 Å². The topological polar surface area (TPSA) is 97.2 Å². The fourth-order valence-corrected chi connectivity index (χ4v) is 2.36. The van der Waals surface area contributed by atoms with Crippen LogP contribution in [0.3, 0.4) is 0 Å². The highest BCUT2D eigenvalue weighted by Crippen LogP contribution is 2.31. The van der Waals surface area contributed by atoms with E-state index in [0.29, 0.717) is 16.8 Å². The second-order valence-electron chi connectivity index (χ2n) is 5.06. The quantitative estimate of drug-likeness (QED) is 0.650. The van der Waals surface area contributed by atoms with Gasteiger partial charge in [0, 0.05) is 18.0 Å².